The van der Waals surface area contributed by atoms with Crippen molar-refractivity contribution in [2.75, 3.05) is 13.2 Å². The lowest BCUT2D eigenvalue weighted by molar-refractivity contribution is -0.182. The highest BCUT2D eigenvalue weighted by molar-refractivity contribution is 4.87. The summed E-state index contributed by atoms with van der Waals surface area (Å²) in [6.45, 7) is 3.67. The molecule has 0 radical (unpaired) electrons. The number of allylic oxidation sites excluding steroid dienone is 2. The molecule has 0 N–H and O–H groups in total. The minimum atomic E-state index is -0.174. The summed E-state index contributed by atoms with van der Waals surface area (Å²) in [5, 5.41) is 0. The van der Waals surface area contributed by atoms with E-state index in [1.165, 1.54) is 19.3 Å². The van der Waals surface area contributed by atoms with E-state index >= 15 is 0 Å². The highest BCUT2D eigenvalue weighted by Gasteiger charge is 2.39. The first-order valence-electron chi connectivity index (χ1n) is 5.74. The molecule has 2 rings (SSSR count). The zero-order valence-electron chi connectivity index (χ0n) is 9.00. The molecule has 0 aromatic rings. The van der Waals surface area contributed by atoms with Gasteiger partial charge in [-0.15, -0.1) is 0 Å². The Labute approximate surface area is 86.3 Å². The molecule has 0 amide bonds. The number of hydrogen-bond donors (Lipinski definition) is 0. The van der Waals surface area contributed by atoms with Crippen LogP contribution in [0.25, 0.3) is 0 Å². The molecule has 0 aromatic heterocycles. The Morgan fingerprint density at radius 2 is 1.86 bits per heavy atom. The lowest BCUT2D eigenvalue weighted by atomic mass is 9.83. The highest BCUT2D eigenvalue weighted by atomic mass is 16.7. The molecular formula is C12H20O2. The van der Waals surface area contributed by atoms with Gasteiger partial charge in [-0.1, -0.05) is 12.2 Å². The maximum Gasteiger partial charge on any atom is 0.168 e. The maximum atomic E-state index is 5.69. The molecule has 1 spiro atoms. The van der Waals surface area contributed by atoms with E-state index < -0.39 is 0 Å². The molecule has 1 aliphatic carbocycles. The van der Waals surface area contributed by atoms with Crippen LogP contribution in [0.2, 0.25) is 0 Å². The van der Waals surface area contributed by atoms with Crippen molar-refractivity contribution in [2.45, 2.75) is 44.8 Å². The molecule has 80 valence electrons. The molecule has 0 bridgehead atoms. The van der Waals surface area contributed by atoms with Crippen molar-refractivity contribution in [3.8, 4) is 0 Å². The van der Waals surface area contributed by atoms with Gasteiger partial charge in [0.25, 0.3) is 0 Å². The van der Waals surface area contributed by atoms with E-state index in [0.29, 0.717) is 0 Å². The number of ether oxygens (including phenoxy) is 2. The van der Waals surface area contributed by atoms with Gasteiger partial charge >= 0.3 is 0 Å². The second-order valence-corrected chi connectivity index (χ2v) is 4.36. The second kappa shape index (κ2) is 4.45. The molecule has 2 fully saturated rings. The van der Waals surface area contributed by atoms with Gasteiger partial charge in [-0.05, 0) is 32.1 Å². The molecule has 1 saturated carbocycles. The predicted molar refractivity (Wildman–Crippen MR) is 56.0 cm³/mol. The third-order valence-electron chi connectivity index (χ3n) is 3.39. The summed E-state index contributed by atoms with van der Waals surface area (Å²) in [7, 11) is 0. The molecule has 1 heterocycles. The van der Waals surface area contributed by atoms with E-state index in [-0.39, 0.29) is 5.79 Å². The van der Waals surface area contributed by atoms with Gasteiger partial charge in [0.2, 0.25) is 0 Å². The summed E-state index contributed by atoms with van der Waals surface area (Å²) in [6.07, 6.45) is 10.3. The first-order chi connectivity index (χ1) is 6.85. The highest BCUT2D eigenvalue weighted by Crippen LogP contribution is 2.39. The second-order valence-electron chi connectivity index (χ2n) is 4.36. The minimum Gasteiger partial charge on any atom is -0.348 e. The van der Waals surface area contributed by atoms with Crippen molar-refractivity contribution < 1.29 is 9.47 Å². The normalized spacial score (nSPS) is 27.8. The standard InChI is InChI=1S/C12H20O2/c1-2-3-4-11-5-7-12(8-6-11)13-9-10-14-12/h2-3,11H,4-10H2,1H3. The summed E-state index contributed by atoms with van der Waals surface area (Å²) < 4.78 is 11.4. The first-order valence-corrected chi connectivity index (χ1v) is 5.74. The Bertz CT molecular complexity index is 194. The molecule has 14 heavy (non-hydrogen) atoms. The monoisotopic (exact) mass is 196 g/mol. The van der Waals surface area contributed by atoms with Crippen molar-refractivity contribution in [1.82, 2.24) is 0 Å². The maximum absolute atomic E-state index is 5.69. The fourth-order valence-corrected chi connectivity index (χ4v) is 2.47. The van der Waals surface area contributed by atoms with Crippen LogP contribution in [-0.4, -0.2) is 19.0 Å². The predicted octanol–water partition coefficient (Wildman–Crippen LogP) is 2.89. The third kappa shape index (κ3) is 2.18. The molecule has 2 heteroatoms. The number of hydrogen-bond acceptors (Lipinski definition) is 2. The zero-order valence-corrected chi connectivity index (χ0v) is 9.00. The fraction of sp³-hybridized carbons (Fsp3) is 0.833. The Morgan fingerprint density at radius 1 is 1.21 bits per heavy atom. The van der Waals surface area contributed by atoms with Crippen LogP contribution in [0.5, 0.6) is 0 Å². The van der Waals surface area contributed by atoms with Gasteiger partial charge in [-0.2, -0.15) is 0 Å². The lowest BCUT2D eigenvalue weighted by Crippen LogP contribution is -2.35. The molecule has 1 aliphatic heterocycles. The summed E-state index contributed by atoms with van der Waals surface area (Å²) in [5.41, 5.74) is 0. The molecule has 1 saturated heterocycles. The van der Waals surface area contributed by atoms with Gasteiger partial charge in [0.15, 0.2) is 5.79 Å². The van der Waals surface area contributed by atoms with Gasteiger partial charge in [-0.25, -0.2) is 0 Å². The van der Waals surface area contributed by atoms with Crippen molar-refractivity contribution in [3.05, 3.63) is 12.2 Å². The topological polar surface area (TPSA) is 18.5 Å². The van der Waals surface area contributed by atoms with Gasteiger partial charge in [0.1, 0.15) is 0 Å². The Kier molecular flexibility index (Phi) is 3.24. The van der Waals surface area contributed by atoms with Crippen LogP contribution in [0.15, 0.2) is 12.2 Å². The van der Waals surface area contributed by atoms with Crippen molar-refractivity contribution in [3.63, 3.8) is 0 Å². The summed E-state index contributed by atoms with van der Waals surface area (Å²) >= 11 is 0. The van der Waals surface area contributed by atoms with Gasteiger partial charge < -0.3 is 9.47 Å². The molecule has 2 aliphatic rings. The van der Waals surface area contributed by atoms with E-state index in [9.17, 15) is 0 Å². The lowest BCUT2D eigenvalue weighted by Gasteiger charge is -2.35. The molecule has 0 aromatic carbocycles. The largest absolute Gasteiger partial charge is 0.348 e. The van der Waals surface area contributed by atoms with Crippen molar-refractivity contribution in [2.24, 2.45) is 5.92 Å². The Hall–Kier alpha value is -0.340. The van der Waals surface area contributed by atoms with E-state index in [4.69, 9.17) is 9.47 Å². The van der Waals surface area contributed by atoms with Crippen LogP contribution >= 0.6 is 0 Å². The van der Waals surface area contributed by atoms with Gasteiger partial charge in [-0.3, -0.25) is 0 Å². The van der Waals surface area contributed by atoms with E-state index in [0.717, 1.165) is 32.0 Å². The summed E-state index contributed by atoms with van der Waals surface area (Å²) in [5.74, 6) is 0.677. The molecular weight excluding hydrogens is 176 g/mol. The van der Waals surface area contributed by atoms with Crippen LogP contribution < -0.4 is 0 Å². The minimum absolute atomic E-state index is 0.174. The third-order valence-corrected chi connectivity index (χ3v) is 3.39. The molecule has 0 unspecified atom stereocenters. The zero-order chi connectivity index (χ0) is 9.86. The summed E-state index contributed by atoms with van der Waals surface area (Å²) in [6, 6.07) is 0. The first kappa shape index (κ1) is 10.2. The van der Waals surface area contributed by atoms with Crippen LogP contribution in [0.4, 0.5) is 0 Å². The molecule has 0 atom stereocenters. The fourth-order valence-electron chi connectivity index (χ4n) is 2.47. The summed E-state index contributed by atoms with van der Waals surface area (Å²) in [4.78, 5) is 0. The van der Waals surface area contributed by atoms with E-state index in [1.807, 2.05) is 0 Å². The smallest absolute Gasteiger partial charge is 0.168 e. The van der Waals surface area contributed by atoms with E-state index in [2.05, 4.69) is 19.1 Å². The Morgan fingerprint density at radius 3 is 2.43 bits per heavy atom. The van der Waals surface area contributed by atoms with Crippen LogP contribution in [0.1, 0.15) is 39.0 Å². The van der Waals surface area contributed by atoms with Crippen LogP contribution in [0, 0.1) is 5.92 Å². The molecule has 2 nitrogen and oxygen atoms in total. The Balaban J connectivity index is 1.79. The van der Waals surface area contributed by atoms with Crippen molar-refractivity contribution in [1.29, 1.82) is 0 Å². The number of rotatable bonds is 2. The van der Waals surface area contributed by atoms with Gasteiger partial charge in [0, 0.05) is 12.8 Å². The average Bonchev–Trinajstić information content (AvgIpc) is 2.66. The SMILES string of the molecule is CC=CCC1CCC2(CC1)OCCO2. The average molecular weight is 196 g/mol. The van der Waals surface area contributed by atoms with Crippen LogP contribution in [0.3, 0.4) is 0 Å². The van der Waals surface area contributed by atoms with Crippen molar-refractivity contribution >= 4 is 0 Å². The van der Waals surface area contributed by atoms with Crippen LogP contribution in [-0.2, 0) is 9.47 Å². The van der Waals surface area contributed by atoms with Gasteiger partial charge in [0.05, 0.1) is 13.2 Å². The quantitative estimate of drug-likeness (QED) is 0.632. The van der Waals surface area contributed by atoms with E-state index in [1.54, 1.807) is 0 Å².